The Hall–Kier alpha value is -2.57. The molecule has 3 aromatic rings. The average molecular weight is 417 g/mol. The zero-order valence-corrected chi connectivity index (χ0v) is 17.2. The Bertz CT molecular complexity index is 927. The van der Waals surface area contributed by atoms with Gasteiger partial charge in [-0.15, -0.1) is 11.3 Å². The first kappa shape index (κ1) is 20.2. The minimum atomic E-state index is -0.628. The topological polar surface area (TPSA) is 60.5 Å². The number of hydrogen-bond donors (Lipinski definition) is 1. The lowest BCUT2D eigenvalue weighted by Crippen LogP contribution is -2.37. The van der Waals surface area contributed by atoms with Gasteiger partial charge in [0.05, 0.1) is 12.8 Å². The number of halogens is 1. The van der Waals surface area contributed by atoms with Gasteiger partial charge in [-0.2, -0.15) is 0 Å². The minimum absolute atomic E-state index is 0.181. The van der Waals surface area contributed by atoms with E-state index in [1.165, 1.54) is 0 Å². The van der Waals surface area contributed by atoms with Crippen LogP contribution in [0.5, 0.6) is 11.5 Å². The van der Waals surface area contributed by atoms with Crippen molar-refractivity contribution < 1.29 is 14.3 Å². The summed E-state index contributed by atoms with van der Waals surface area (Å²) in [6.45, 7) is 2.20. The van der Waals surface area contributed by atoms with Crippen molar-refractivity contribution in [3.63, 3.8) is 0 Å². The summed E-state index contributed by atoms with van der Waals surface area (Å²) in [5.74, 6) is 0.957. The SMILES string of the molecule is COc1ccccc1O[C@@H](C)C(=O)NCCc1csc(-c2ccc(Cl)cc2)n1. The van der Waals surface area contributed by atoms with Crippen LogP contribution in [-0.4, -0.2) is 30.6 Å². The molecule has 0 aliphatic carbocycles. The first-order valence-corrected chi connectivity index (χ1v) is 10.1. The van der Waals surface area contributed by atoms with Crippen molar-refractivity contribution in [1.82, 2.24) is 10.3 Å². The van der Waals surface area contributed by atoms with Crippen LogP contribution < -0.4 is 14.8 Å². The number of nitrogens with one attached hydrogen (secondary N) is 1. The Labute approximate surface area is 173 Å². The molecule has 7 heteroatoms. The summed E-state index contributed by atoms with van der Waals surface area (Å²) in [5, 5.41) is 6.53. The predicted octanol–water partition coefficient (Wildman–Crippen LogP) is 4.60. The zero-order valence-electron chi connectivity index (χ0n) is 15.6. The number of hydrogen-bond acceptors (Lipinski definition) is 5. The lowest BCUT2D eigenvalue weighted by atomic mass is 10.2. The molecule has 5 nitrogen and oxygen atoms in total. The molecular formula is C21H21ClN2O3S. The van der Waals surface area contributed by atoms with E-state index in [1.54, 1.807) is 37.5 Å². The van der Waals surface area contributed by atoms with Crippen molar-refractivity contribution in [3.8, 4) is 22.1 Å². The molecular weight excluding hydrogens is 396 g/mol. The van der Waals surface area contributed by atoms with Crippen LogP contribution >= 0.6 is 22.9 Å². The van der Waals surface area contributed by atoms with Crippen LogP contribution in [0.3, 0.4) is 0 Å². The second kappa shape index (κ2) is 9.57. The molecule has 0 fully saturated rings. The molecule has 28 heavy (non-hydrogen) atoms. The highest BCUT2D eigenvalue weighted by molar-refractivity contribution is 7.13. The van der Waals surface area contributed by atoms with Crippen LogP contribution in [-0.2, 0) is 11.2 Å². The first-order valence-electron chi connectivity index (χ1n) is 8.84. The Kier molecular flexibility index (Phi) is 6.90. The molecule has 146 valence electrons. The number of rotatable bonds is 8. The molecule has 0 saturated heterocycles. The van der Waals surface area contributed by atoms with E-state index in [2.05, 4.69) is 10.3 Å². The van der Waals surface area contributed by atoms with Gasteiger partial charge in [-0.05, 0) is 31.2 Å². The lowest BCUT2D eigenvalue weighted by molar-refractivity contribution is -0.127. The van der Waals surface area contributed by atoms with Crippen molar-refractivity contribution >= 4 is 28.8 Å². The van der Waals surface area contributed by atoms with Gasteiger partial charge in [0.1, 0.15) is 5.01 Å². The number of carbonyl (C=O) groups excluding carboxylic acids is 1. The van der Waals surface area contributed by atoms with Gasteiger partial charge in [0.2, 0.25) is 0 Å². The third-order valence-corrected chi connectivity index (χ3v) is 5.26. The molecule has 2 aromatic carbocycles. The second-order valence-electron chi connectivity index (χ2n) is 6.10. The van der Waals surface area contributed by atoms with Crippen LogP contribution in [0.2, 0.25) is 5.02 Å². The van der Waals surface area contributed by atoms with E-state index in [4.69, 9.17) is 21.1 Å². The number of benzene rings is 2. The normalized spacial score (nSPS) is 11.7. The fourth-order valence-corrected chi connectivity index (χ4v) is 3.55. The van der Waals surface area contributed by atoms with E-state index in [0.717, 1.165) is 16.3 Å². The summed E-state index contributed by atoms with van der Waals surface area (Å²) in [4.78, 5) is 16.9. The highest BCUT2D eigenvalue weighted by Gasteiger charge is 2.16. The van der Waals surface area contributed by atoms with Gasteiger partial charge in [0.15, 0.2) is 17.6 Å². The van der Waals surface area contributed by atoms with Gasteiger partial charge >= 0.3 is 0 Å². The van der Waals surface area contributed by atoms with Crippen molar-refractivity contribution in [3.05, 3.63) is 64.6 Å². The van der Waals surface area contributed by atoms with Gasteiger partial charge in [-0.3, -0.25) is 4.79 Å². The fraction of sp³-hybridized carbons (Fsp3) is 0.238. The number of thiazole rings is 1. The van der Waals surface area contributed by atoms with Crippen molar-refractivity contribution in [2.75, 3.05) is 13.7 Å². The molecule has 1 aromatic heterocycles. The molecule has 0 spiro atoms. The molecule has 0 saturated carbocycles. The van der Waals surface area contributed by atoms with E-state index in [1.807, 2.05) is 41.8 Å². The summed E-state index contributed by atoms with van der Waals surface area (Å²) in [7, 11) is 1.57. The van der Waals surface area contributed by atoms with Crippen LogP contribution in [0.4, 0.5) is 0 Å². The van der Waals surface area contributed by atoms with Gasteiger partial charge < -0.3 is 14.8 Å². The van der Waals surface area contributed by atoms with Crippen LogP contribution in [0, 0.1) is 0 Å². The summed E-state index contributed by atoms with van der Waals surface area (Å²) >= 11 is 7.50. The first-order chi connectivity index (χ1) is 13.6. The van der Waals surface area contributed by atoms with E-state index < -0.39 is 6.10 Å². The van der Waals surface area contributed by atoms with Crippen LogP contribution in [0.25, 0.3) is 10.6 Å². The van der Waals surface area contributed by atoms with Crippen molar-refractivity contribution in [1.29, 1.82) is 0 Å². The smallest absolute Gasteiger partial charge is 0.260 e. The quantitative estimate of drug-likeness (QED) is 0.583. The minimum Gasteiger partial charge on any atom is -0.493 e. The predicted molar refractivity (Wildman–Crippen MR) is 112 cm³/mol. The molecule has 0 bridgehead atoms. The van der Waals surface area contributed by atoms with Crippen molar-refractivity contribution in [2.24, 2.45) is 0 Å². The summed E-state index contributed by atoms with van der Waals surface area (Å²) in [5.41, 5.74) is 1.97. The van der Waals surface area contributed by atoms with E-state index in [-0.39, 0.29) is 5.91 Å². The third-order valence-electron chi connectivity index (χ3n) is 4.07. The Morgan fingerprint density at radius 1 is 1.18 bits per heavy atom. The van der Waals surface area contributed by atoms with Crippen LogP contribution in [0.1, 0.15) is 12.6 Å². The molecule has 1 amide bonds. The van der Waals surface area contributed by atoms with Gasteiger partial charge in [-0.25, -0.2) is 4.98 Å². The van der Waals surface area contributed by atoms with Crippen molar-refractivity contribution in [2.45, 2.75) is 19.4 Å². The molecule has 0 radical (unpaired) electrons. The van der Waals surface area contributed by atoms with Gasteiger partial charge in [0, 0.05) is 28.9 Å². The molecule has 1 atom stereocenters. The number of nitrogens with zero attached hydrogens (tertiary/aromatic N) is 1. The second-order valence-corrected chi connectivity index (χ2v) is 7.40. The molecule has 0 unspecified atom stereocenters. The molecule has 3 rings (SSSR count). The number of para-hydroxylation sites is 2. The number of aromatic nitrogens is 1. The standard InChI is InChI=1S/C21H21ClN2O3S/c1-14(27-19-6-4-3-5-18(19)26-2)20(25)23-12-11-17-13-28-21(24-17)15-7-9-16(22)10-8-15/h3-10,13-14H,11-12H2,1-2H3,(H,23,25)/t14-/m0/s1. The largest absolute Gasteiger partial charge is 0.493 e. The summed E-state index contributed by atoms with van der Waals surface area (Å²) in [6.07, 6.45) is 0.0216. The molecule has 1 heterocycles. The molecule has 0 aliphatic heterocycles. The molecule has 0 aliphatic rings. The maximum atomic E-state index is 12.3. The van der Waals surface area contributed by atoms with E-state index >= 15 is 0 Å². The zero-order chi connectivity index (χ0) is 19.9. The van der Waals surface area contributed by atoms with E-state index in [9.17, 15) is 4.79 Å². The summed E-state index contributed by atoms with van der Waals surface area (Å²) in [6, 6.07) is 14.8. The number of ether oxygens (including phenoxy) is 2. The van der Waals surface area contributed by atoms with Gasteiger partial charge in [0.25, 0.3) is 5.91 Å². The number of methoxy groups -OCH3 is 1. The Balaban J connectivity index is 1.49. The Morgan fingerprint density at radius 3 is 2.61 bits per heavy atom. The summed E-state index contributed by atoms with van der Waals surface area (Å²) < 4.78 is 11.0. The number of amides is 1. The maximum absolute atomic E-state index is 12.3. The Morgan fingerprint density at radius 2 is 1.89 bits per heavy atom. The highest BCUT2D eigenvalue weighted by atomic mass is 35.5. The fourth-order valence-electron chi connectivity index (χ4n) is 2.56. The lowest BCUT2D eigenvalue weighted by Gasteiger charge is -2.16. The third kappa shape index (κ3) is 5.24. The van der Waals surface area contributed by atoms with E-state index in [0.29, 0.717) is 29.5 Å². The highest BCUT2D eigenvalue weighted by Crippen LogP contribution is 2.27. The average Bonchev–Trinajstić information content (AvgIpc) is 3.17. The van der Waals surface area contributed by atoms with Gasteiger partial charge in [-0.1, -0.05) is 35.9 Å². The monoisotopic (exact) mass is 416 g/mol. The number of carbonyl (C=O) groups is 1. The maximum Gasteiger partial charge on any atom is 0.260 e. The van der Waals surface area contributed by atoms with Crippen LogP contribution in [0.15, 0.2) is 53.9 Å². The molecule has 1 N–H and O–H groups in total.